The van der Waals surface area contributed by atoms with Crippen molar-refractivity contribution in [3.63, 3.8) is 0 Å². The first-order valence-corrected chi connectivity index (χ1v) is 23.2. The van der Waals surface area contributed by atoms with Gasteiger partial charge in [0.2, 0.25) is 0 Å². The Morgan fingerprint density at radius 2 is 1.70 bits per heavy atom. The average molecular weight is 911 g/mol. The minimum absolute atomic E-state index is 0.00942. The number of hydrogen-bond donors (Lipinski definition) is 5. The van der Waals surface area contributed by atoms with Gasteiger partial charge in [0.05, 0.1) is 53.7 Å². The lowest BCUT2D eigenvalue weighted by molar-refractivity contribution is -0.318. The lowest BCUT2D eigenvalue weighted by Gasteiger charge is -2.48. The molecule has 4 rings (SSSR count). The molecule has 5 N–H and O–H groups in total. The summed E-state index contributed by atoms with van der Waals surface area (Å²) >= 11 is 0. The van der Waals surface area contributed by atoms with Gasteiger partial charge in [0, 0.05) is 57.4 Å². The predicted octanol–water partition coefficient (Wildman–Crippen LogP) is 3.03. The number of esters is 2. The largest absolute Gasteiger partial charge is 0.459 e. The third kappa shape index (κ3) is 13.4. The van der Waals surface area contributed by atoms with Crippen LogP contribution in [0.3, 0.4) is 0 Å². The van der Waals surface area contributed by atoms with Crippen molar-refractivity contribution < 1.29 is 63.2 Å². The Kier molecular flexibility index (Phi) is 19.5. The van der Waals surface area contributed by atoms with Crippen LogP contribution < -0.4 is 5.32 Å². The molecule has 3 aliphatic rings. The van der Waals surface area contributed by atoms with Crippen LogP contribution in [0.5, 0.6) is 0 Å². The fourth-order valence-electron chi connectivity index (χ4n) is 10.0. The van der Waals surface area contributed by atoms with E-state index in [-0.39, 0.29) is 43.7 Å². The number of methoxy groups -OCH3 is 1. The van der Waals surface area contributed by atoms with E-state index in [4.69, 9.17) is 33.2 Å². The second-order valence-electron chi connectivity index (χ2n) is 19.9. The zero-order valence-electron chi connectivity index (χ0n) is 40.9. The minimum atomic E-state index is -1.87. The summed E-state index contributed by atoms with van der Waals surface area (Å²) in [5.41, 5.74) is -3.72. The highest BCUT2D eigenvalue weighted by Gasteiger charge is 2.53. The molecule has 18 atom stereocenters. The highest BCUT2D eigenvalue weighted by Crippen LogP contribution is 2.40. The maximum Gasteiger partial charge on any atom is 0.311 e. The Labute approximate surface area is 381 Å². The number of cyclic esters (lactones) is 1. The second kappa shape index (κ2) is 23.1. The zero-order chi connectivity index (χ0) is 47.9. The van der Waals surface area contributed by atoms with E-state index < -0.39 is 102 Å². The number of nitrogens with zero attached hydrogens (tertiary/aromatic N) is 3. The van der Waals surface area contributed by atoms with Gasteiger partial charge in [-0.3, -0.25) is 19.5 Å². The van der Waals surface area contributed by atoms with Gasteiger partial charge in [-0.05, 0) is 107 Å². The summed E-state index contributed by atoms with van der Waals surface area (Å²) in [6.45, 7) is 18.8. The van der Waals surface area contributed by atoms with Crippen molar-refractivity contribution in [2.24, 2.45) is 17.8 Å². The molecule has 4 heterocycles. The number of pyridine rings is 1. The minimum Gasteiger partial charge on any atom is -0.459 e. The quantitative estimate of drug-likeness (QED) is 0.142. The van der Waals surface area contributed by atoms with Gasteiger partial charge in [0.15, 0.2) is 12.6 Å². The zero-order valence-corrected chi connectivity index (χ0v) is 40.9. The van der Waals surface area contributed by atoms with Crippen LogP contribution in [-0.4, -0.2) is 179 Å². The van der Waals surface area contributed by atoms with E-state index in [9.17, 15) is 30.0 Å². The van der Waals surface area contributed by atoms with Crippen molar-refractivity contribution >= 4 is 11.9 Å². The van der Waals surface area contributed by atoms with E-state index in [1.54, 1.807) is 40.8 Å². The summed E-state index contributed by atoms with van der Waals surface area (Å²) in [6.07, 6.45) is -6.88. The molecule has 368 valence electrons. The molecule has 1 aromatic heterocycles. The topological polar surface area (TPSA) is 211 Å². The highest BCUT2D eigenvalue weighted by molar-refractivity contribution is 5.73. The van der Waals surface area contributed by atoms with E-state index >= 15 is 0 Å². The second-order valence-corrected chi connectivity index (χ2v) is 19.9. The lowest BCUT2D eigenvalue weighted by atomic mass is 9.77. The molecule has 1 aromatic rings. The number of ether oxygens (including phenoxy) is 7. The SMILES string of the molecule is CC[C@@H]1OC(=O)[C@H](C)[C@@H](O[C@H]2C[C@@](C)(OC)[C@@H](O)[C@H](C)O2)[C@H](C)[C@@H](O[C@@H]2O[C@H](C)C[C@H](N(C)C)[C@H]2O)[C@@](C)(O)C[C@@H](C)CN(C)[C@@H](C)[C@@H](OC(=O)CCNCc2ccccn2)[C@]1(C)O. The van der Waals surface area contributed by atoms with Crippen molar-refractivity contribution in [3.8, 4) is 0 Å². The van der Waals surface area contributed by atoms with Crippen LogP contribution in [0.2, 0.25) is 0 Å². The van der Waals surface area contributed by atoms with Crippen LogP contribution in [0, 0.1) is 17.8 Å². The highest BCUT2D eigenvalue weighted by atomic mass is 16.7. The van der Waals surface area contributed by atoms with Gasteiger partial charge in [0.1, 0.15) is 30.0 Å². The van der Waals surface area contributed by atoms with E-state index in [0.717, 1.165) is 5.69 Å². The number of carbonyl (C=O) groups is 2. The first kappa shape index (κ1) is 54.2. The fraction of sp³-hybridized carbons (Fsp3) is 0.851. The third-order valence-electron chi connectivity index (χ3n) is 14.0. The summed E-state index contributed by atoms with van der Waals surface area (Å²) < 4.78 is 44.3. The van der Waals surface area contributed by atoms with Crippen LogP contribution in [0.25, 0.3) is 0 Å². The molecule has 64 heavy (non-hydrogen) atoms. The molecule has 0 radical (unpaired) electrons. The van der Waals surface area contributed by atoms with Gasteiger partial charge in [-0.15, -0.1) is 0 Å². The Morgan fingerprint density at radius 3 is 2.31 bits per heavy atom. The lowest BCUT2D eigenvalue weighted by Crippen LogP contribution is -2.61. The molecule has 17 nitrogen and oxygen atoms in total. The normalized spacial score (nSPS) is 42.4. The predicted molar refractivity (Wildman–Crippen MR) is 239 cm³/mol. The van der Waals surface area contributed by atoms with E-state index in [2.05, 4.69) is 10.3 Å². The van der Waals surface area contributed by atoms with Crippen molar-refractivity contribution in [1.82, 2.24) is 20.1 Å². The van der Waals surface area contributed by atoms with E-state index in [0.29, 0.717) is 26.1 Å². The number of aromatic nitrogens is 1. The molecule has 17 heteroatoms. The molecule has 3 fully saturated rings. The van der Waals surface area contributed by atoms with E-state index in [1.165, 1.54) is 14.0 Å². The van der Waals surface area contributed by atoms with Gasteiger partial charge in [-0.2, -0.15) is 0 Å². The van der Waals surface area contributed by atoms with Crippen molar-refractivity contribution in [1.29, 1.82) is 0 Å². The third-order valence-corrected chi connectivity index (χ3v) is 14.0. The molecule has 3 saturated heterocycles. The van der Waals surface area contributed by atoms with Gasteiger partial charge < -0.3 is 63.8 Å². The van der Waals surface area contributed by atoms with Crippen LogP contribution in [-0.2, 0) is 49.3 Å². The van der Waals surface area contributed by atoms with Crippen LogP contribution in [0.1, 0.15) is 107 Å². The van der Waals surface area contributed by atoms with Crippen molar-refractivity contribution in [3.05, 3.63) is 30.1 Å². The maximum absolute atomic E-state index is 14.7. The van der Waals surface area contributed by atoms with E-state index in [1.807, 2.05) is 76.8 Å². The molecule has 0 bridgehead atoms. The van der Waals surface area contributed by atoms with Gasteiger partial charge in [-0.25, -0.2) is 0 Å². The van der Waals surface area contributed by atoms with Crippen LogP contribution in [0.4, 0.5) is 0 Å². The summed E-state index contributed by atoms with van der Waals surface area (Å²) in [7, 11) is 7.13. The molecule has 0 amide bonds. The molecular formula is C47H82N4O13. The number of aliphatic hydroxyl groups excluding tert-OH is 2. The molecule has 3 aliphatic heterocycles. The van der Waals surface area contributed by atoms with Gasteiger partial charge in [0.25, 0.3) is 0 Å². The molecule has 0 unspecified atom stereocenters. The first-order chi connectivity index (χ1) is 29.9. The van der Waals surface area contributed by atoms with Gasteiger partial charge >= 0.3 is 11.9 Å². The Morgan fingerprint density at radius 1 is 1.02 bits per heavy atom. The number of nitrogens with one attached hydrogen (secondary N) is 1. The first-order valence-electron chi connectivity index (χ1n) is 23.2. The number of rotatable bonds is 13. The molecule has 0 saturated carbocycles. The number of likely N-dealkylation sites (N-methyl/N-ethyl adjacent to an activating group) is 2. The summed E-state index contributed by atoms with van der Waals surface area (Å²) in [5, 5.41) is 51.2. The van der Waals surface area contributed by atoms with Crippen molar-refractivity contribution in [2.45, 2.75) is 198 Å². The Hall–Kier alpha value is -2.39. The monoisotopic (exact) mass is 911 g/mol. The smallest absolute Gasteiger partial charge is 0.311 e. The summed E-state index contributed by atoms with van der Waals surface area (Å²) in [4.78, 5) is 36.5. The average Bonchev–Trinajstić information content (AvgIpc) is 3.23. The Balaban J connectivity index is 1.76. The van der Waals surface area contributed by atoms with Crippen LogP contribution in [0.15, 0.2) is 24.4 Å². The maximum atomic E-state index is 14.7. The molecule has 0 spiro atoms. The van der Waals surface area contributed by atoms with Crippen molar-refractivity contribution in [2.75, 3.05) is 41.3 Å². The number of aliphatic hydroxyl groups is 4. The summed E-state index contributed by atoms with van der Waals surface area (Å²) in [5.74, 6) is -3.34. The number of carbonyl (C=O) groups excluding carboxylic acids is 2. The molecular weight excluding hydrogens is 829 g/mol. The number of hydrogen-bond acceptors (Lipinski definition) is 17. The fourth-order valence-corrected chi connectivity index (χ4v) is 10.0. The van der Waals surface area contributed by atoms with Gasteiger partial charge in [-0.1, -0.05) is 26.8 Å². The van der Waals surface area contributed by atoms with Crippen LogP contribution >= 0.6 is 0 Å². The molecule has 0 aromatic carbocycles. The standard InChI is InChI=1S/C47H82N4O13/c1-15-35-47(10,57)42(62-36(52)19-21-48-25-33-18-16-17-20-49-33)31(6)51(13)26-27(2)23-45(8,56)41(64-44-38(53)34(50(11)12)22-28(3)59-44)29(4)39(30(5)43(55)61-35)63-37-24-46(9,58-14)40(54)32(7)60-37/h16-18,20,27-32,34-35,37-42,44,48,53-54,56-57H,15,19,21-26H2,1-14H3/t27-,28-,29+,30-,31+,32+,34+,35+,37+,38-,39+,40+,41-,42-,44+,45+,46-,47-/m1/s1. The summed E-state index contributed by atoms with van der Waals surface area (Å²) in [6, 6.07) is 4.72. The Bertz CT molecular complexity index is 1610. The molecule has 0 aliphatic carbocycles.